The lowest BCUT2D eigenvalue weighted by atomic mass is 9.90. The highest BCUT2D eigenvalue weighted by molar-refractivity contribution is 6.00. The summed E-state index contributed by atoms with van der Waals surface area (Å²) in [5, 5.41) is 11.3. The molecule has 0 bridgehead atoms. The molecule has 0 spiro atoms. The molecule has 0 fully saturated rings. The average Bonchev–Trinajstić information content (AvgIpc) is 2.15. The number of allylic oxidation sites excluding steroid dienone is 1. The van der Waals surface area contributed by atoms with Gasteiger partial charge < -0.3 is 15.2 Å². The second-order valence-electron chi connectivity index (χ2n) is 3.17. The molecule has 15 heavy (non-hydrogen) atoms. The van der Waals surface area contributed by atoms with Crippen molar-refractivity contribution in [1.29, 1.82) is 0 Å². The molecule has 0 saturated heterocycles. The van der Waals surface area contributed by atoms with Crippen LogP contribution in [0.3, 0.4) is 0 Å². The third kappa shape index (κ3) is 2.15. The second-order valence-corrected chi connectivity index (χ2v) is 3.17. The van der Waals surface area contributed by atoms with Gasteiger partial charge in [0.1, 0.15) is 0 Å². The number of hydrogen-bond donors (Lipinski definition) is 2. The van der Waals surface area contributed by atoms with Crippen molar-refractivity contribution >= 4 is 17.8 Å². The van der Waals surface area contributed by atoms with Gasteiger partial charge in [-0.15, -0.1) is 0 Å². The maximum Gasteiger partial charge on any atom is 0.336 e. The van der Waals surface area contributed by atoms with Crippen LogP contribution < -0.4 is 5.32 Å². The molecule has 1 aliphatic heterocycles. The molecule has 0 unspecified atom stereocenters. The number of carbonyl (C=O) groups excluding carboxylic acids is 2. The molecule has 0 aromatic rings. The van der Waals surface area contributed by atoms with Gasteiger partial charge in [-0.05, 0) is 6.92 Å². The van der Waals surface area contributed by atoms with Gasteiger partial charge in [-0.2, -0.15) is 0 Å². The molecule has 0 aromatic carbocycles. The highest BCUT2D eigenvalue weighted by atomic mass is 16.5. The number of carboxylic acids is 1. The number of ether oxygens (including phenoxy) is 1. The van der Waals surface area contributed by atoms with Gasteiger partial charge in [0, 0.05) is 12.1 Å². The van der Waals surface area contributed by atoms with Crippen molar-refractivity contribution in [2.24, 2.45) is 5.92 Å². The first kappa shape index (κ1) is 11.2. The molecule has 82 valence electrons. The quantitative estimate of drug-likeness (QED) is 0.612. The first-order valence-electron chi connectivity index (χ1n) is 4.29. The molecule has 6 heteroatoms. The van der Waals surface area contributed by atoms with Gasteiger partial charge >= 0.3 is 11.9 Å². The van der Waals surface area contributed by atoms with Gasteiger partial charge in [-0.25, -0.2) is 4.79 Å². The number of methoxy groups -OCH3 is 1. The lowest BCUT2D eigenvalue weighted by molar-refractivity contribution is -0.147. The molecule has 2 N–H and O–H groups in total. The topological polar surface area (TPSA) is 92.7 Å². The fourth-order valence-corrected chi connectivity index (χ4v) is 1.49. The lowest BCUT2D eigenvalue weighted by Gasteiger charge is -2.22. The summed E-state index contributed by atoms with van der Waals surface area (Å²) >= 11 is 0. The first-order chi connectivity index (χ1) is 6.97. The standard InChI is InChI=1S/C9H11NO5/c1-4-7(9(14)15-2)5(8(12)13)3-6(11)10-4/h5H,3H2,1-2H3,(H,10,11)(H,12,13)/t5-/m0/s1. The van der Waals surface area contributed by atoms with Crippen molar-refractivity contribution in [2.45, 2.75) is 13.3 Å². The van der Waals surface area contributed by atoms with E-state index >= 15 is 0 Å². The Balaban J connectivity index is 3.14. The summed E-state index contributed by atoms with van der Waals surface area (Å²) in [6, 6.07) is 0. The fraction of sp³-hybridized carbons (Fsp3) is 0.444. The smallest absolute Gasteiger partial charge is 0.336 e. The van der Waals surface area contributed by atoms with Crippen molar-refractivity contribution in [1.82, 2.24) is 5.32 Å². The largest absolute Gasteiger partial charge is 0.481 e. The van der Waals surface area contributed by atoms with E-state index in [9.17, 15) is 14.4 Å². The Morgan fingerprint density at radius 1 is 1.53 bits per heavy atom. The molecule has 0 radical (unpaired) electrons. The maximum atomic E-state index is 11.3. The molecular weight excluding hydrogens is 202 g/mol. The summed E-state index contributed by atoms with van der Waals surface area (Å²) in [7, 11) is 1.16. The Labute approximate surface area is 85.9 Å². The van der Waals surface area contributed by atoms with Crippen LogP contribution in [0.2, 0.25) is 0 Å². The summed E-state index contributed by atoms with van der Waals surface area (Å²) in [6.07, 6.45) is -0.239. The highest BCUT2D eigenvalue weighted by Crippen LogP contribution is 2.23. The minimum atomic E-state index is -1.20. The summed E-state index contributed by atoms with van der Waals surface area (Å²) in [6.45, 7) is 1.47. The number of amides is 1. The Kier molecular flexibility index (Phi) is 3.08. The second kappa shape index (κ2) is 4.12. The van der Waals surface area contributed by atoms with Crippen LogP contribution in [0.5, 0.6) is 0 Å². The Morgan fingerprint density at radius 3 is 2.60 bits per heavy atom. The molecule has 1 aliphatic rings. The van der Waals surface area contributed by atoms with E-state index in [1.54, 1.807) is 0 Å². The third-order valence-electron chi connectivity index (χ3n) is 2.17. The summed E-state index contributed by atoms with van der Waals surface area (Å²) < 4.78 is 4.46. The number of aliphatic carboxylic acids is 1. The summed E-state index contributed by atoms with van der Waals surface area (Å²) in [4.78, 5) is 33.2. The van der Waals surface area contributed by atoms with Crippen molar-refractivity contribution in [3.05, 3.63) is 11.3 Å². The SMILES string of the molecule is COC(=O)C1=C(C)NC(=O)C[C@@H]1C(=O)O. The van der Waals surface area contributed by atoms with E-state index in [1.165, 1.54) is 6.92 Å². The van der Waals surface area contributed by atoms with Crippen molar-refractivity contribution in [3.8, 4) is 0 Å². The minimum absolute atomic E-state index is 0.00426. The van der Waals surface area contributed by atoms with Crippen LogP contribution >= 0.6 is 0 Å². The van der Waals surface area contributed by atoms with Gasteiger partial charge in [0.05, 0.1) is 18.6 Å². The van der Waals surface area contributed by atoms with Crippen LogP contribution in [0.25, 0.3) is 0 Å². The van der Waals surface area contributed by atoms with Gasteiger partial charge in [0.15, 0.2) is 0 Å². The van der Waals surface area contributed by atoms with Crippen LogP contribution in [0.4, 0.5) is 0 Å². The van der Waals surface area contributed by atoms with E-state index in [-0.39, 0.29) is 17.7 Å². The summed E-state index contributed by atoms with van der Waals surface area (Å²) in [5.74, 6) is -3.46. The number of nitrogens with one attached hydrogen (secondary N) is 1. The Hall–Kier alpha value is -1.85. The Bertz CT molecular complexity index is 358. The monoisotopic (exact) mass is 213 g/mol. The van der Waals surface area contributed by atoms with E-state index < -0.39 is 23.8 Å². The molecule has 0 aliphatic carbocycles. The zero-order valence-corrected chi connectivity index (χ0v) is 8.36. The van der Waals surface area contributed by atoms with Gasteiger partial charge in [0.25, 0.3) is 0 Å². The maximum absolute atomic E-state index is 11.3. The van der Waals surface area contributed by atoms with E-state index in [4.69, 9.17) is 5.11 Å². The van der Waals surface area contributed by atoms with Gasteiger partial charge in [0.2, 0.25) is 5.91 Å². The van der Waals surface area contributed by atoms with Crippen LogP contribution in [-0.4, -0.2) is 30.1 Å². The van der Waals surface area contributed by atoms with Crippen molar-refractivity contribution in [3.63, 3.8) is 0 Å². The number of hydrogen-bond acceptors (Lipinski definition) is 4. The van der Waals surface area contributed by atoms with Gasteiger partial charge in [-0.3, -0.25) is 9.59 Å². The number of esters is 1. The third-order valence-corrected chi connectivity index (χ3v) is 2.17. The normalized spacial score (nSPS) is 20.9. The lowest BCUT2D eigenvalue weighted by Crippen LogP contribution is -2.38. The number of rotatable bonds is 2. The minimum Gasteiger partial charge on any atom is -0.481 e. The van der Waals surface area contributed by atoms with Crippen molar-refractivity contribution in [2.75, 3.05) is 7.11 Å². The molecule has 1 heterocycles. The molecule has 1 rings (SSSR count). The molecule has 1 atom stereocenters. The number of carbonyl (C=O) groups is 3. The van der Waals surface area contributed by atoms with Crippen molar-refractivity contribution < 1.29 is 24.2 Å². The molecule has 6 nitrogen and oxygen atoms in total. The highest BCUT2D eigenvalue weighted by Gasteiger charge is 2.35. The van der Waals surface area contributed by atoms with Crippen LogP contribution in [0, 0.1) is 5.92 Å². The molecule has 0 saturated carbocycles. The van der Waals surface area contributed by atoms with E-state index in [0.717, 1.165) is 7.11 Å². The van der Waals surface area contributed by atoms with Crippen LogP contribution in [-0.2, 0) is 19.1 Å². The van der Waals surface area contributed by atoms with E-state index in [1.807, 2.05) is 0 Å². The first-order valence-corrected chi connectivity index (χ1v) is 4.29. The van der Waals surface area contributed by atoms with Gasteiger partial charge in [-0.1, -0.05) is 0 Å². The summed E-state index contributed by atoms with van der Waals surface area (Å²) in [5.41, 5.74) is 0.245. The zero-order chi connectivity index (χ0) is 11.6. The Morgan fingerprint density at radius 2 is 2.13 bits per heavy atom. The molecular formula is C9H11NO5. The zero-order valence-electron chi connectivity index (χ0n) is 8.36. The predicted octanol–water partition coefficient (Wildman–Crippen LogP) is -0.346. The average molecular weight is 213 g/mol. The molecule has 1 amide bonds. The van der Waals surface area contributed by atoms with E-state index in [0.29, 0.717) is 0 Å². The number of carboxylic acid groups (broad SMARTS) is 1. The fourth-order valence-electron chi connectivity index (χ4n) is 1.49. The van der Waals surface area contributed by atoms with Crippen LogP contribution in [0.15, 0.2) is 11.3 Å². The van der Waals surface area contributed by atoms with E-state index in [2.05, 4.69) is 10.1 Å². The van der Waals surface area contributed by atoms with Crippen LogP contribution in [0.1, 0.15) is 13.3 Å². The predicted molar refractivity (Wildman–Crippen MR) is 48.6 cm³/mol. The molecule has 0 aromatic heterocycles.